The average Bonchev–Trinajstić information content (AvgIpc) is 3.24. The van der Waals surface area contributed by atoms with Gasteiger partial charge in [-0.1, -0.05) is 30.3 Å². The molecule has 0 aliphatic carbocycles. The van der Waals surface area contributed by atoms with E-state index in [2.05, 4.69) is 10.2 Å². The van der Waals surface area contributed by atoms with Crippen molar-refractivity contribution >= 4 is 28.8 Å². The summed E-state index contributed by atoms with van der Waals surface area (Å²) in [5.41, 5.74) is 4.70. The zero-order valence-corrected chi connectivity index (χ0v) is 16.2. The summed E-state index contributed by atoms with van der Waals surface area (Å²) in [6.45, 7) is 0. The summed E-state index contributed by atoms with van der Waals surface area (Å²) in [7, 11) is 1.64. The molecule has 0 unspecified atom stereocenters. The van der Waals surface area contributed by atoms with Gasteiger partial charge in [-0.15, -0.1) is 10.2 Å². The van der Waals surface area contributed by atoms with Crippen LogP contribution in [0.5, 0.6) is 11.5 Å². The van der Waals surface area contributed by atoms with Gasteiger partial charge in [0.1, 0.15) is 17.2 Å². The Bertz CT molecular complexity index is 1390. The molecule has 2 heterocycles. The number of ether oxygens (including phenoxy) is 1. The molecule has 0 saturated heterocycles. The second-order valence-electron chi connectivity index (χ2n) is 6.79. The first-order valence-corrected chi connectivity index (χ1v) is 9.49. The summed E-state index contributed by atoms with van der Waals surface area (Å²) in [6, 6.07) is 22.8. The number of methoxy groups -OCH3 is 1. The molecule has 0 aliphatic rings. The number of para-hydroxylation sites is 3. The van der Waals surface area contributed by atoms with Crippen molar-refractivity contribution in [2.24, 2.45) is 0 Å². The summed E-state index contributed by atoms with van der Waals surface area (Å²) < 4.78 is 7.27. The van der Waals surface area contributed by atoms with Gasteiger partial charge in [0.15, 0.2) is 11.5 Å². The van der Waals surface area contributed by atoms with Crippen molar-refractivity contribution in [1.29, 1.82) is 0 Å². The van der Waals surface area contributed by atoms with Gasteiger partial charge in [-0.25, -0.2) is 4.98 Å². The van der Waals surface area contributed by atoms with Crippen LogP contribution in [0, 0.1) is 0 Å². The second-order valence-corrected chi connectivity index (χ2v) is 6.79. The predicted octanol–water partition coefficient (Wildman–Crippen LogP) is 4.83. The van der Waals surface area contributed by atoms with Gasteiger partial charge in [-0.2, -0.15) is 0 Å². The highest BCUT2D eigenvalue weighted by atomic mass is 16.5. The van der Waals surface area contributed by atoms with Gasteiger partial charge in [-0.05, 0) is 54.6 Å². The van der Waals surface area contributed by atoms with Crippen molar-refractivity contribution in [1.82, 2.24) is 19.6 Å². The maximum absolute atomic E-state index is 10.1. The van der Waals surface area contributed by atoms with Crippen LogP contribution in [0.25, 0.3) is 40.2 Å². The van der Waals surface area contributed by atoms with Crippen molar-refractivity contribution in [2.75, 3.05) is 7.11 Å². The molecular formula is C24H18N4O2. The molecule has 30 heavy (non-hydrogen) atoms. The lowest BCUT2D eigenvalue weighted by Gasteiger charge is -2.07. The van der Waals surface area contributed by atoms with Gasteiger partial charge in [0.2, 0.25) is 0 Å². The summed E-state index contributed by atoms with van der Waals surface area (Å²) >= 11 is 0. The van der Waals surface area contributed by atoms with Gasteiger partial charge in [0.25, 0.3) is 0 Å². The standard InChI is InChI=1S/C24H18N4O2/c1-30-18-13-10-17(11-14-18)23-26-27-24-20(15-12-16-6-2-5-9-22(16)29)25-19-7-3-4-8-21(19)28(23)24/h2-15,29H,1H3/b15-12+. The minimum atomic E-state index is 0.214. The molecule has 2 aromatic heterocycles. The normalized spacial score (nSPS) is 11.5. The molecule has 0 atom stereocenters. The number of hydrogen-bond acceptors (Lipinski definition) is 5. The van der Waals surface area contributed by atoms with Gasteiger partial charge < -0.3 is 9.84 Å². The zero-order valence-electron chi connectivity index (χ0n) is 16.2. The predicted molar refractivity (Wildman–Crippen MR) is 117 cm³/mol. The Hall–Kier alpha value is -4.19. The number of benzene rings is 3. The molecular weight excluding hydrogens is 376 g/mol. The third-order valence-corrected chi connectivity index (χ3v) is 4.96. The number of aromatic hydroxyl groups is 1. The van der Waals surface area contributed by atoms with E-state index in [0.29, 0.717) is 16.9 Å². The van der Waals surface area contributed by atoms with Crippen LogP contribution in [-0.2, 0) is 0 Å². The Morgan fingerprint density at radius 3 is 2.43 bits per heavy atom. The van der Waals surface area contributed by atoms with E-state index in [9.17, 15) is 5.11 Å². The summed E-state index contributed by atoms with van der Waals surface area (Å²) in [6.07, 6.45) is 3.68. The van der Waals surface area contributed by atoms with Gasteiger partial charge in [0.05, 0.1) is 18.1 Å². The highest BCUT2D eigenvalue weighted by Gasteiger charge is 2.15. The number of phenolic OH excluding ortho intramolecular Hbond substituents is 1. The molecule has 0 amide bonds. The molecule has 6 nitrogen and oxygen atoms in total. The van der Waals surface area contributed by atoms with Crippen LogP contribution >= 0.6 is 0 Å². The highest BCUT2D eigenvalue weighted by Crippen LogP contribution is 2.27. The lowest BCUT2D eigenvalue weighted by molar-refractivity contribution is 0.415. The number of rotatable bonds is 4. The Morgan fingerprint density at radius 2 is 1.63 bits per heavy atom. The lowest BCUT2D eigenvalue weighted by atomic mass is 10.1. The fourth-order valence-corrected chi connectivity index (χ4v) is 3.44. The lowest BCUT2D eigenvalue weighted by Crippen LogP contribution is -1.97. The minimum Gasteiger partial charge on any atom is -0.507 e. The number of hydrogen-bond donors (Lipinski definition) is 1. The fourth-order valence-electron chi connectivity index (χ4n) is 3.44. The van der Waals surface area contributed by atoms with E-state index in [1.54, 1.807) is 19.2 Å². The third-order valence-electron chi connectivity index (χ3n) is 4.96. The Labute approximate surface area is 172 Å². The summed E-state index contributed by atoms with van der Waals surface area (Å²) in [5.74, 6) is 1.72. The number of nitrogens with zero attached hydrogens (tertiary/aromatic N) is 4. The topological polar surface area (TPSA) is 72.5 Å². The van der Waals surface area contributed by atoms with Crippen LogP contribution in [0.3, 0.4) is 0 Å². The Kier molecular flexibility index (Phi) is 4.37. The molecule has 0 fully saturated rings. The smallest absolute Gasteiger partial charge is 0.187 e. The molecule has 6 heteroatoms. The van der Waals surface area contributed by atoms with Gasteiger partial charge in [-0.3, -0.25) is 4.40 Å². The van der Waals surface area contributed by atoms with E-state index < -0.39 is 0 Å². The molecule has 0 spiro atoms. The monoisotopic (exact) mass is 394 g/mol. The minimum absolute atomic E-state index is 0.214. The van der Waals surface area contributed by atoms with E-state index in [-0.39, 0.29) is 5.75 Å². The second kappa shape index (κ2) is 7.33. The first-order chi connectivity index (χ1) is 14.7. The number of fused-ring (bicyclic) bond motifs is 3. The van der Waals surface area contributed by atoms with Gasteiger partial charge in [0, 0.05) is 11.1 Å². The third kappa shape index (κ3) is 3.04. The van der Waals surface area contributed by atoms with E-state index in [1.807, 2.05) is 77.2 Å². The van der Waals surface area contributed by atoms with Crippen molar-refractivity contribution < 1.29 is 9.84 Å². The molecule has 1 N–H and O–H groups in total. The van der Waals surface area contributed by atoms with E-state index in [0.717, 1.165) is 28.2 Å². The van der Waals surface area contributed by atoms with Crippen LogP contribution in [0.2, 0.25) is 0 Å². The van der Waals surface area contributed by atoms with E-state index in [1.165, 1.54) is 0 Å². The first kappa shape index (κ1) is 17.9. The molecule has 5 aromatic rings. The quantitative estimate of drug-likeness (QED) is 0.473. The summed E-state index contributed by atoms with van der Waals surface area (Å²) in [4.78, 5) is 4.77. The van der Waals surface area contributed by atoms with Gasteiger partial charge >= 0.3 is 0 Å². The molecule has 146 valence electrons. The molecule has 5 rings (SSSR count). The van der Waals surface area contributed by atoms with Crippen molar-refractivity contribution in [2.45, 2.75) is 0 Å². The Balaban J connectivity index is 1.72. The fraction of sp³-hybridized carbons (Fsp3) is 0.0417. The number of aromatic nitrogens is 4. The van der Waals surface area contributed by atoms with E-state index in [4.69, 9.17) is 9.72 Å². The van der Waals surface area contributed by atoms with Crippen LogP contribution in [0.1, 0.15) is 11.3 Å². The maximum Gasteiger partial charge on any atom is 0.187 e. The summed E-state index contributed by atoms with van der Waals surface area (Å²) in [5, 5.41) is 18.9. The molecule has 0 bridgehead atoms. The van der Waals surface area contributed by atoms with Crippen LogP contribution in [0.15, 0.2) is 72.8 Å². The SMILES string of the molecule is COc1ccc(-c2nnc3c(/C=C/c4ccccc4O)nc4ccccc4n23)cc1. The molecule has 0 radical (unpaired) electrons. The van der Waals surface area contributed by atoms with Crippen molar-refractivity contribution in [3.05, 3.63) is 84.1 Å². The molecule has 3 aromatic carbocycles. The van der Waals surface area contributed by atoms with Crippen molar-refractivity contribution in [3.63, 3.8) is 0 Å². The van der Waals surface area contributed by atoms with Crippen LogP contribution in [-0.4, -0.2) is 31.8 Å². The average molecular weight is 394 g/mol. The molecule has 0 saturated carbocycles. The number of phenols is 1. The van der Waals surface area contributed by atoms with E-state index >= 15 is 0 Å². The first-order valence-electron chi connectivity index (χ1n) is 9.49. The van der Waals surface area contributed by atoms with Crippen LogP contribution < -0.4 is 4.74 Å². The maximum atomic E-state index is 10.1. The highest BCUT2D eigenvalue weighted by molar-refractivity contribution is 5.86. The zero-order chi connectivity index (χ0) is 20.5. The van der Waals surface area contributed by atoms with Crippen molar-refractivity contribution in [3.8, 4) is 22.9 Å². The Morgan fingerprint density at radius 1 is 0.867 bits per heavy atom. The largest absolute Gasteiger partial charge is 0.507 e. The van der Waals surface area contributed by atoms with Crippen LogP contribution in [0.4, 0.5) is 0 Å². The molecule has 0 aliphatic heterocycles.